The quantitative estimate of drug-likeness (QED) is 0.456. The first-order valence-electron chi connectivity index (χ1n) is 9.36. The molecule has 0 saturated heterocycles. The van der Waals surface area contributed by atoms with Gasteiger partial charge in [0.25, 0.3) is 0 Å². The van der Waals surface area contributed by atoms with E-state index in [1.54, 1.807) is 12.1 Å². The standard InChI is InChI=1S/C21H20F3N3OS/c22-21(23,24)14-28-18-8-4-7-16(11-18)13-29-20-26-25-19(17-9-10-17)27(20)12-15-5-2-1-3-6-15/h1-8,11,17H,9-10,12-14H2. The van der Waals surface area contributed by atoms with E-state index in [9.17, 15) is 13.2 Å². The van der Waals surface area contributed by atoms with Crippen molar-refractivity contribution in [3.05, 3.63) is 71.5 Å². The van der Waals surface area contributed by atoms with E-state index in [1.807, 2.05) is 24.3 Å². The fourth-order valence-electron chi connectivity index (χ4n) is 3.00. The third-order valence-corrected chi connectivity index (χ3v) is 5.58. The summed E-state index contributed by atoms with van der Waals surface area (Å²) in [6, 6.07) is 16.9. The zero-order chi connectivity index (χ0) is 20.3. The number of rotatable bonds is 8. The minimum absolute atomic E-state index is 0.213. The summed E-state index contributed by atoms with van der Waals surface area (Å²) >= 11 is 1.53. The lowest BCUT2D eigenvalue weighted by Crippen LogP contribution is -2.19. The smallest absolute Gasteiger partial charge is 0.422 e. The number of thioether (sulfide) groups is 1. The van der Waals surface area contributed by atoms with Crippen LogP contribution in [-0.2, 0) is 12.3 Å². The van der Waals surface area contributed by atoms with Crippen LogP contribution in [0.3, 0.4) is 0 Å². The summed E-state index contributed by atoms with van der Waals surface area (Å²) in [6.07, 6.45) is -2.08. The lowest BCUT2D eigenvalue weighted by molar-refractivity contribution is -0.153. The van der Waals surface area contributed by atoms with Crippen molar-refractivity contribution < 1.29 is 17.9 Å². The molecule has 0 aliphatic heterocycles. The molecule has 4 nitrogen and oxygen atoms in total. The summed E-state index contributed by atoms with van der Waals surface area (Å²) in [5.41, 5.74) is 2.05. The Labute approximate surface area is 171 Å². The van der Waals surface area contributed by atoms with E-state index in [0.29, 0.717) is 18.2 Å². The molecular formula is C21H20F3N3OS. The maximum absolute atomic E-state index is 12.4. The number of hydrogen-bond donors (Lipinski definition) is 0. The Hall–Kier alpha value is -2.48. The van der Waals surface area contributed by atoms with E-state index in [-0.39, 0.29) is 5.75 Å². The van der Waals surface area contributed by atoms with Gasteiger partial charge in [0.2, 0.25) is 0 Å². The van der Waals surface area contributed by atoms with Crippen LogP contribution in [0.2, 0.25) is 0 Å². The number of benzene rings is 2. The number of halogens is 3. The summed E-state index contributed by atoms with van der Waals surface area (Å²) in [7, 11) is 0. The number of ether oxygens (including phenoxy) is 1. The highest BCUT2D eigenvalue weighted by molar-refractivity contribution is 7.98. The molecule has 3 aromatic rings. The molecule has 0 unspecified atom stereocenters. The van der Waals surface area contributed by atoms with Gasteiger partial charge in [-0.05, 0) is 36.1 Å². The molecule has 0 amide bonds. The highest BCUT2D eigenvalue weighted by Gasteiger charge is 2.30. The van der Waals surface area contributed by atoms with Gasteiger partial charge in [0.15, 0.2) is 11.8 Å². The van der Waals surface area contributed by atoms with E-state index in [2.05, 4.69) is 26.9 Å². The van der Waals surface area contributed by atoms with Gasteiger partial charge in [-0.3, -0.25) is 0 Å². The Morgan fingerprint density at radius 2 is 1.76 bits per heavy atom. The second-order valence-corrected chi connectivity index (χ2v) is 7.97. The van der Waals surface area contributed by atoms with Crippen LogP contribution in [0, 0.1) is 0 Å². The predicted molar refractivity (Wildman–Crippen MR) is 105 cm³/mol. The van der Waals surface area contributed by atoms with Crippen molar-refractivity contribution in [1.29, 1.82) is 0 Å². The van der Waals surface area contributed by atoms with Crippen LogP contribution >= 0.6 is 11.8 Å². The number of aromatic nitrogens is 3. The topological polar surface area (TPSA) is 39.9 Å². The SMILES string of the molecule is FC(F)(F)COc1cccc(CSc2nnc(C3CC3)n2Cc2ccccc2)c1. The predicted octanol–water partition coefficient (Wildman–Crippen LogP) is 5.44. The van der Waals surface area contributed by atoms with Gasteiger partial charge in [-0.2, -0.15) is 13.2 Å². The van der Waals surface area contributed by atoms with E-state index >= 15 is 0 Å². The average molecular weight is 419 g/mol. The van der Waals surface area contributed by atoms with Crippen molar-refractivity contribution in [1.82, 2.24) is 14.8 Å². The van der Waals surface area contributed by atoms with E-state index in [4.69, 9.17) is 4.74 Å². The zero-order valence-corrected chi connectivity index (χ0v) is 16.4. The maximum Gasteiger partial charge on any atom is 0.422 e. The van der Waals surface area contributed by atoms with E-state index < -0.39 is 12.8 Å². The molecule has 0 bridgehead atoms. The third-order valence-electron chi connectivity index (χ3n) is 4.54. The van der Waals surface area contributed by atoms with Crippen molar-refractivity contribution >= 4 is 11.8 Å². The summed E-state index contributed by atoms with van der Waals surface area (Å²) in [6.45, 7) is -0.587. The monoisotopic (exact) mass is 419 g/mol. The van der Waals surface area contributed by atoms with Crippen LogP contribution in [0.5, 0.6) is 5.75 Å². The normalized spacial score (nSPS) is 14.2. The summed E-state index contributed by atoms with van der Waals surface area (Å²) < 4.78 is 44.1. The van der Waals surface area contributed by atoms with Gasteiger partial charge in [-0.15, -0.1) is 10.2 Å². The Morgan fingerprint density at radius 3 is 2.48 bits per heavy atom. The van der Waals surface area contributed by atoms with Crippen molar-refractivity contribution in [2.75, 3.05) is 6.61 Å². The second-order valence-electron chi connectivity index (χ2n) is 7.03. The Morgan fingerprint density at radius 1 is 1.00 bits per heavy atom. The number of alkyl halides is 3. The van der Waals surface area contributed by atoms with Gasteiger partial charge in [-0.25, -0.2) is 0 Å². The molecule has 1 fully saturated rings. The minimum Gasteiger partial charge on any atom is -0.484 e. The first-order valence-corrected chi connectivity index (χ1v) is 10.3. The Balaban J connectivity index is 1.46. The highest BCUT2D eigenvalue weighted by Crippen LogP contribution is 2.40. The molecule has 1 saturated carbocycles. The number of nitrogens with zero attached hydrogens (tertiary/aromatic N) is 3. The molecule has 0 spiro atoms. The van der Waals surface area contributed by atoms with Crippen molar-refractivity contribution in [2.24, 2.45) is 0 Å². The molecule has 1 aliphatic carbocycles. The molecule has 0 N–H and O–H groups in total. The van der Waals surface area contributed by atoms with Gasteiger partial charge in [-0.1, -0.05) is 54.2 Å². The van der Waals surface area contributed by atoms with Crippen LogP contribution < -0.4 is 4.74 Å². The van der Waals surface area contributed by atoms with Gasteiger partial charge >= 0.3 is 6.18 Å². The second kappa shape index (κ2) is 8.49. The molecule has 152 valence electrons. The van der Waals surface area contributed by atoms with Gasteiger partial charge in [0.1, 0.15) is 11.6 Å². The largest absolute Gasteiger partial charge is 0.484 e. The van der Waals surface area contributed by atoms with Crippen LogP contribution in [-0.4, -0.2) is 27.5 Å². The molecule has 4 rings (SSSR count). The lowest BCUT2D eigenvalue weighted by Gasteiger charge is -2.11. The van der Waals surface area contributed by atoms with Crippen LogP contribution in [0.1, 0.15) is 35.7 Å². The minimum atomic E-state index is -4.35. The van der Waals surface area contributed by atoms with Crippen molar-refractivity contribution in [3.63, 3.8) is 0 Å². The molecule has 1 aromatic heterocycles. The molecule has 1 aliphatic rings. The molecule has 0 radical (unpaired) electrons. The number of hydrogen-bond acceptors (Lipinski definition) is 4. The third kappa shape index (κ3) is 5.53. The van der Waals surface area contributed by atoms with Crippen molar-refractivity contribution in [2.45, 2.75) is 42.4 Å². The van der Waals surface area contributed by atoms with E-state index in [1.165, 1.54) is 23.4 Å². The first kappa shape index (κ1) is 19.8. The van der Waals surface area contributed by atoms with Gasteiger partial charge in [0.05, 0.1) is 6.54 Å². The lowest BCUT2D eigenvalue weighted by atomic mass is 10.2. The fourth-order valence-corrected chi connectivity index (χ4v) is 3.89. The van der Waals surface area contributed by atoms with Crippen LogP contribution in [0.25, 0.3) is 0 Å². The fraction of sp³-hybridized carbons (Fsp3) is 0.333. The highest BCUT2D eigenvalue weighted by atomic mass is 32.2. The van der Waals surface area contributed by atoms with E-state index in [0.717, 1.165) is 29.4 Å². The molecule has 1 heterocycles. The summed E-state index contributed by atoms with van der Waals surface area (Å²) in [5.74, 6) is 2.27. The molecular weight excluding hydrogens is 399 g/mol. The molecule has 2 aromatic carbocycles. The zero-order valence-electron chi connectivity index (χ0n) is 15.6. The average Bonchev–Trinajstić information content (AvgIpc) is 3.47. The molecule has 0 atom stereocenters. The summed E-state index contributed by atoms with van der Waals surface area (Å²) in [4.78, 5) is 0. The van der Waals surface area contributed by atoms with Crippen LogP contribution in [0.4, 0.5) is 13.2 Å². The Kier molecular flexibility index (Phi) is 5.80. The Bertz CT molecular complexity index is 955. The van der Waals surface area contributed by atoms with Crippen LogP contribution in [0.15, 0.2) is 59.8 Å². The first-order chi connectivity index (χ1) is 14.0. The van der Waals surface area contributed by atoms with Gasteiger partial charge in [0, 0.05) is 11.7 Å². The maximum atomic E-state index is 12.4. The molecule has 29 heavy (non-hydrogen) atoms. The summed E-state index contributed by atoms with van der Waals surface area (Å²) in [5, 5.41) is 9.60. The van der Waals surface area contributed by atoms with Gasteiger partial charge < -0.3 is 9.30 Å². The molecule has 8 heteroatoms. The van der Waals surface area contributed by atoms with Crippen molar-refractivity contribution in [3.8, 4) is 5.75 Å².